The summed E-state index contributed by atoms with van der Waals surface area (Å²) in [6, 6.07) is 0. The molecule has 3 heteroatoms. The molecule has 0 spiro atoms. The maximum atomic E-state index is 4.00. The van der Waals surface area contributed by atoms with Crippen LogP contribution < -0.4 is 0 Å². The van der Waals surface area contributed by atoms with Gasteiger partial charge in [-0.15, -0.1) is 0 Å². The van der Waals surface area contributed by atoms with Crippen LogP contribution in [0, 0.1) is 0 Å². The van der Waals surface area contributed by atoms with Crippen molar-refractivity contribution in [1.82, 2.24) is 15.0 Å². The third kappa shape index (κ3) is 1.55. The minimum absolute atomic E-state index is 0.963. The van der Waals surface area contributed by atoms with Gasteiger partial charge in [0.25, 0.3) is 0 Å². The minimum Gasteiger partial charge on any atom is -0.365 e. The lowest BCUT2D eigenvalue weighted by Gasteiger charge is -1.80. The van der Waals surface area contributed by atoms with E-state index >= 15 is 0 Å². The Balaban J connectivity index is 0.000000281. The molecule has 3 nitrogen and oxygen atoms in total. The number of aromatic nitrogens is 3. The number of fused-ring (bicyclic) bond motifs is 1. The van der Waals surface area contributed by atoms with Crippen LogP contribution in [0.1, 0.15) is 13.8 Å². The standard InChI is InChI=1S/C6H5N3.C2H6/c1-5-2-8-4-9-6(5)3-7-1;1-2/h1-4,7H;1-2H3. The number of hydrogen-bond acceptors (Lipinski definition) is 2. The fourth-order valence-corrected chi connectivity index (χ4v) is 0.792. The Morgan fingerprint density at radius 1 is 1.27 bits per heavy atom. The Kier molecular flexibility index (Phi) is 2.60. The second-order valence-electron chi connectivity index (χ2n) is 1.82. The van der Waals surface area contributed by atoms with Gasteiger partial charge in [-0.05, 0) is 0 Å². The molecule has 2 rings (SSSR count). The quantitative estimate of drug-likeness (QED) is 0.622. The summed E-state index contributed by atoms with van der Waals surface area (Å²) in [5.41, 5.74) is 0.963. The van der Waals surface area contributed by atoms with Crippen molar-refractivity contribution in [2.24, 2.45) is 0 Å². The zero-order chi connectivity index (χ0) is 8.10. The molecule has 0 aliphatic carbocycles. The Labute approximate surface area is 65.5 Å². The first kappa shape index (κ1) is 7.72. The fourth-order valence-electron chi connectivity index (χ4n) is 0.792. The molecule has 0 aromatic carbocycles. The van der Waals surface area contributed by atoms with Gasteiger partial charge >= 0.3 is 0 Å². The molecule has 0 unspecified atom stereocenters. The summed E-state index contributed by atoms with van der Waals surface area (Å²) in [7, 11) is 0. The lowest BCUT2D eigenvalue weighted by molar-refractivity contribution is 1.23. The molecule has 2 aromatic heterocycles. The SMILES string of the molecule is CC.c1ncc2c[nH]cc2n1. The topological polar surface area (TPSA) is 41.6 Å². The molecule has 1 N–H and O–H groups in total. The van der Waals surface area contributed by atoms with Crippen LogP contribution in [-0.2, 0) is 0 Å². The van der Waals surface area contributed by atoms with Crippen LogP contribution in [0.3, 0.4) is 0 Å². The smallest absolute Gasteiger partial charge is 0.116 e. The van der Waals surface area contributed by atoms with Crippen molar-refractivity contribution in [3.63, 3.8) is 0 Å². The monoisotopic (exact) mass is 149 g/mol. The summed E-state index contributed by atoms with van der Waals surface area (Å²) in [5.74, 6) is 0. The maximum absolute atomic E-state index is 4.00. The number of nitrogens with zero attached hydrogens (tertiary/aromatic N) is 2. The molecule has 0 amide bonds. The van der Waals surface area contributed by atoms with E-state index < -0.39 is 0 Å². The van der Waals surface area contributed by atoms with Crippen LogP contribution in [0.15, 0.2) is 24.9 Å². The van der Waals surface area contributed by atoms with Gasteiger partial charge < -0.3 is 4.98 Å². The number of rotatable bonds is 0. The molecular weight excluding hydrogens is 138 g/mol. The summed E-state index contributed by atoms with van der Waals surface area (Å²) in [5, 5.41) is 1.05. The highest BCUT2D eigenvalue weighted by Gasteiger charge is 1.89. The molecule has 0 saturated heterocycles. The van der Waals surface area contributed by atoms with Gasteiger partial charge in [-0.1, -0.05) is 13.8 Å². The van der Waals surface area contributed by atoms with E-state index in [1.165, 1.54) is 6.33 Å². The highest BCUT2D eigenvalue weighted by atomic mass is 14.8. The molecule has 0 radical (unpaired) electrons. The molecule has 0 fully saturated rings. The summed E-state index contributed by atoms with van der Waals surface area (Å²) < 4.78 is 0. The molecular formula is C8H11N3. The number of nitrogens with one attached hydrogen (secondary N) is 1. The lowest BCUT2D eigenvalue weighted by atomic mass is 10.4. The van der Waals surface area contributed by atoms with Crippen molar-refractivity contribution in [2.75, 3.05) is 0 Å². The van der Waals surface area contributed by atoms with Crippen molar-refractivity contribution in [1.29, 1.82) is 0 Å². The Morgan fingerprint density at radius 2 is 2.09 bits per heavy atom. The third-order valence-electron chi connectivity index (χ3n) is 1.23. The second-order valence-corrected chi connectivity index (χ2v) is 1.82. The second kappa shape index (κ2) is 3.71. The average Bonchev–Trinajstić information content (AvgIpc) is 2.55. The van der Waals surface area contributed by atoms with Gasteiger partial charge in [-0.2, -0.15) is 0 Å². The fraction of sp³-hybridized carbons (Fsp3) is 0.250. The van der Waals surface area contributed by atoms with Crippen LogP contribution >= 0.6 is 0 Å². The molecule has 0 aliphatic rings. The molecule has 0 atom stereocenters. The predicted octanol–water partition coefficient (Wildman–Crippen LogP) is 1.98. The summed E-state index contributed by atoms with van der Waals surface area (Å²) in [4.78, 5) is 10.8. The van der Waals surface area contributed by atoms with Gasteiger partial charge in [0, 0.05) is 24.0 Å². The van der Waals surface area contributed by atoms with E-state index in [4.69, 9.17) is 0 Å². The van der Waals surface area contributed by atoms with Crippen molar-refractivity contribution in [3.8, 4) is 0 Å². The van der Waals surface area contributed by atoms with Gasteiger partial charge in [-0.3, -0.25) is 0 Å². The van der Waals surface area contributed by atoms with Crippen molar-refractivity contribution in [3.05, 3.63) is 24.9 Å². The van der Waals surface area contributed by atoms with Gasteiger partial charge in [0.15, 0.2) is 0 Å². The first-order valence-electron chi connectivity index (χ1n) is 3.69. The normalized spacial score (nSPS) is 8.91. The predicted molar refractivity (Wildman–Crippen MR) is 45.2 cm³/mol. The van der Waals surface area contributed by atoms with E-state index in [-0.39, 0.29) is 0 Å². The van der Waals surface area contributed by atoms with Gasteiger partial charge in [0.05, 0.1) is 5.52 Å². The van der Waals surface area contributed by atoms with Crippen molar-refractivity contribution in [2.45, 2.75) is 13.8 Å². The van der Waals surface area contributed by atoms with Gasteiger partial charge in [0.2, 0.25) is 0 Å². The van der Waals surface area contributed by atoms with Crippen LogP contribution in [0.4, 0.5) is 0 Å². The molecule has 2 aromatic rings. The van der Waals surface area contributed by atoms with Crippen LogP contribution in [0.2, 0.25) is 0 Å². The third-order valence-corrected chi connectivity index (χ3v) is 1.23. The Morgan fingerprint density at radius 3 is 2.82 bits per heavy atom. The Hall–Kier alpha value is -1.38. The molecule has 58 valence electrons. The molecule has 0 saturated carbocycles. The summed E-state index contributed by atoms with van der Waals surface area (Å²) in [6.07, 6.45) is 7.03. The minimum atomic E-state index is 0.963. The largest absolute Gasteiger partial charge is 0.365 e. The maximum Gasteiger partial charge on any atom is 0.116 e. The van der Waals surface area contributed by atoms with Gasteiger partial charge in [0.1, 0.15) is 6.33 Å². The van der Waals surface area contributed by atoms with Crippen molar-refractivity contribution >= 4 is 10.9 Å². The summed E-state index contributed by atoms with van der Waals surface area (Å²) in [6.45, 7) is 4.00. The first-order chi connectivity index (χ1) is 5.47. The van der Waals surface area contributed by atoms with Crippen LogP contribution in [0.5, 0.6) is 0 Å². The molecule has 11 heavy (non-hydrogen) atoms. The zero-order valence-corrected chi connectivity index (χ0v) is 6.70. The number of aromatic amines is 1. The highest BCUT2D eigenvalue weighted by Crippen LogP contribution is 2.04. The molecule has 0 aliphatic heterocycles. The Bertz CT molecular complexity index is 283. The molecule has 2 heterocycles. The summed E-state index contributed by atoms with van der Waals surface area (Å²) >= 11 is 0. The number of H-pyrrole nitrogens is 1. The lowest BCUT2D eigenvalue weighted by Crippen LogP contribution is -1.72. The molecule has 0 bridgehead atoms. The van der Waals surface area contributed by atoms with Gasteiger partial charge in [-0.25, -0.2) is 9.97 Å². The van der Waals surface area contributed by atoms with E-state index in [1.807, 2.05) is 26.2 Å². The van der Waals surface area contributed by atoms with E-state index in [9.17, 15) is 0 Å². The van der Waals surface area contributed by atoms with E-state index in [2.05, 4.69) is 15.0 Å². The zero-order valence-electron chi connectivity index (χ0n) is 6.70. The average molecular weight is 149 g/mol. The number of hydrogen-bond donors (Lipinski definition) is 1. The van der Waals surface area contributed by atoms with E-state index in [1.54, 1.807) is 6.20 Å². The van der Waals surface area contributed by atoms with E-state index in [0.29, 0.717) is 0 Å². The van der Waals surface area contributed by atoms with Crippen molar-refractivity contribution < 1.29 is 0 Å². The first-order valence-corrected chi connectivity index (χ1v) is 3.69. The van der Waals surface area contributed by atoms with Crippen LogP contribution in [0.25, 0.3) is 10.9 Å². The van der Waals surface area contributed by atoms with Crippen LogP contribution in [-0.4, -0.2) is 15.0 Å². The highest BCUT2D eigenvalue weighted by molar-refractivity contribution is 5.76. The van der Waals surface area contributed by atoms with E-state index in [0.717, 1.165) is 10.9 Å².